The number of ether oxygens (including phenoxy) is 2. The van der Waals surface area contributed by atoms with E-state index in [1.165, 1.54) is 12.5 Å². The molecule has 1 aromatic rings. The highest BCUT2D eigenvalue weighted by Crippen LogP contribution is 2.47. The van der Waals surface area contributed by atoms with Gasteiger partial charge in [0.25, 0.3) is 0 Å². The number of unbranched alkanes of at least 4 members (excludes halogenated alkanes) is 2. The molecule has 0 bridgehead atoms. The van der Waals surface area contributed by atoms with E-state index in [4.69, 9.17) is 9.47 Å². The lowest BCUT2D eigenvalue weighted by Gasteiger charge is -2.35. The van der Waals surface area contributed by atoms with Crippen LogP contribution in [-0.4, -0.2) is 11.9 Å². The fourth-order valence-electron chi connectivity index (χ4n) is 3.92. The number of allylic oxidation sites excluding steroid dienone is 2. The average molecular weight is 342 g/mol. The van der Waals surface area contributed by atoms with Crippen LogP contribution in [0.1, 0.15) is 69.9 Å². The molecule has 0 saturated heterocycles. The van der Waals surface area contributed by atoms with Crippen LogP contribution in [0.4, 0.5) is 0 Å². The number of carbonyl (C=O) groups is 2. The second kappa shape index (κ2) is 7.42. The van der Waals surface area contributed by atoms with E-state index < -0.39 is 0 Å². The standard InChI is InChI=1S/C21H26O4/c1-4-5-6-7-15-11-16(24-14(3)22)12-19-20(15)18-10-13(2)8-9-17(18)21(23)25-19/h10-12,17-18H,4-9H2,1-3H3/t17-,18+/m0/s1. The van der Waals surface area contributed by atoms with Crippen LogP contribution in [0.5, 0.6) is 11.5 Å². The molecule has 0 aromatic heterocycles. The first-order valence-electron chi connectivity index (χ1n) is 9.23. The van der Waals surface area contributed by atoms with Gasteiger partial charge >= 0.3 is 11.9 Å². The van der Waals surface area contributed by atoms with Gasteiger partial charge in [-0.1, -0.05) is 31.4 Å². The molecule has 1 aromatic carbocycles. The molecule has 1 aliphatic carbocycles. The molecule has 0 spiro atoms. The van der Waals surface area contributed by atoms with Gasteiger partial charge < -0.3 is 9.47 Å². The third-order valence-corrected chi connectivity index (χ3v) is 5.11. The summed E-state index contributed by atoms with van der Waals surface area (Å²) in [6, 6.07) is 3.63. The van der Waals surface area contributed by atoms with Crippen molar-refractivity contribution in [3.63, 3.8) is 0 Å². The van der Waals surface area contributed by atoms with Gasteiger partial charge in [0, 0.05) is 24.5 Å². The Labute approximate surface area is 149 Å². The molecule has 0 N–H and O–H groups in total. The van der Waals surface area contributed by atoms with E-state index in [0.717, 1.165) is 49.7 Å². The van der Waals surface area contributed by atoms with Crippen molar-refractivity contribution in [2.24, 2.45) is 5.92 Å². The Morgan fingerprint density at radius 3 is 2.84 bits per heavy atom. The first-order chi connectivity index (χ1) is 12.0. The number of hydrogen-bond acceptors (Lipinski definition) is 4. The summed E-state index contributed by atoms with van der Waals surface area (Å²) in [5.74, 6) is 0.463. The predicted octanol–water partition coefficient (Wildman–Crippen LogP) is 4.70. The Hall–Kier alpha value is -2.10. The summed E-state index contributed by atoms with van der Waals surface area (Å²) < 4.78 is 10.9. The molecule has 25 heavy (non-hydrogen) atoms. The molecule has 2 aliphatic rings. The van der Waals surface area contributed by atoms with E-state index in [2.05, 4.69) is 19.9 Å². The van der Waals surface area contributed by atoms with Crippen LogP contribution in [0.3, 0.4) is 0 Å². The summed E-state index contributed by atoms with van der Waals surface area (Å²) in [4.78, 5) is 23.8. The van der Waals surface area contributed by atoms with Crippen LogP contribution in [0.2, 0.25) is 0 Å². The van der Waals surface area contributed by atoms with Crippen LogP contribution in [-0.2, 0) is 16.0 Å². The molecular formula is C21H26O4. The molecule has 3 rings (SSSR count). The van der Waals surface area contributed by atoms with Crippen molar-refractivity contribution in [2.75, 3.05) is 0 Å². The van der Waals surface area contributed by atoms with Crippen LogP contribution in [0, 0.1) is 5.92 Å². The maximum absolute atomic E-state index is 12.4. The zero-order valence-electron chi connectivity index (χ0n) is 15.3. The molecule has 0 unspecified atom stereocenters. The summed E-state index contributed by atoms with van der Waals surface area (Å²) in [6.07, 6.45) is 8.27. The van der Waals surface area contributed by atoms with Crippen LogP contribution >= 0.6 is 0 Å². The van der Waals surface area contributed by atoms with Crippen molar-refractivity contribution < 1.29 is 19.1 Å². The van der Waals surface area contributed by atoms with Gasteiger partial charge in [0.15, 0.2) is 0 Å². The van der Waals surface area contributed by atoms with Gasteiger partial charge in [0.05, 0.1) is 5.92 Å². The lowest BCUT2D eigenvalue weighted by atomic mass is 9.74. The lowest BCUT2D eigenvalue weighted by Crippen LogP contribution is -2.33. The molecule has 0 saturated carbocycles. The minimum absolute atomic E-state index is 0.0769. The Balaban J connectivity index is 2.06. The maximum Gasteiger partial charge on any atom is 0.315 e. The lowest BCUT2D eigenvalue weighted by molar-refractivity contribution is -0.141. The van der Waals surface area contributed by atoms with Gasteiger partial charge in [-0.15, -0.1) is 0 Å². The zero-order valence-corrected chi connectivity index (χ0v) is 15.3. The molecule has 0 fully saturated rings. The highest BCUT2D eigenvalue weighted by atomic mass is 16.5. The summed E-state index contributed by atoms with van der Waals surface area (Å²) >= 11 is 0. The van der Waals surface area contributed by atoms with Crippen molar-refractivity contribution in [3.8, 4) is 11.5 Å². The second-order valence-electron chi connectivity index (χ2n) is 7.15. The number of hydrogen-bond donors (Lipinski definition) is 0. The van der Waals surface area contributed by atoms with Crippen molar-refractivity contribution in [2.45, 2.75) is 65.2 Å². The normalized spacial score (nSPS) is 21.7. The monoisotopic (exact) mass is 342 g/mol. The SMILES string of the molecule is CCCCCc1cc(OC(C)=O)cc2c1[C@@H]1C=C(C)CC[C@@H]1C(=O)O2. The van der Waals surface area contributed by atoms with Gasteiger partial charge in [-0.3, -0.25) is 9.59 Å². The van der Waals surface area contributed by atoms with E-state index in [1.807, 2.05) is 6.07 Å². The third-order valence-electron chi connectivity index (χ3n) is 5.11. The topological polar surface area (TPSA) is 52.6 Å². The number of esters is 2. The van der Waals surface area contributed by atoms with Crippen molar-refractivity contribution in [1.29, 1.82) is 0 Å². The Morgan fingerprint density at radius 2 is 2.12 bits per heavy atom. The van der Waals surface area contributed by atoms with E-state index in [9.17, 15) is 9.59 Å². The molecule has 1 aliphatic heterocycles. The Bertz CT molecular complexity index is 717. The second-order valence-corrected chi connectivity index (χ2v) is 7.15. The summed E-state index contributed by atoms with van der Waals surface area (Å²) in [6.45, 7) is 5.68. The highest BCUT2D eigenvalue weighted by molar-refractivity contribution is 5.81. The van der Waals surface area contributed by atoms with Gasteiger partial charge in [0.1, 0.15) is 11.5 Å². The van der Waals surface area contributed by atoms with E-state index >= 15 is 0 Å². The molecule has 134 valence electrons. The molecule has 0 amide bonds. The number of benzene rings is 1. The van der Waals surface area contributed by atoms with Crippen LogP contribution in [0.25, 0.3) is 0 Å². The van der Waals surface area contributed by atoms with Crippen LogP contribution < -0.4 is 9.47 Å². The number of rotatable bonds is 5. The fraction of sp³-hybridized carbons (Fsp3) is 0.524. The first-order valence-corrected chi connectivity index (χ1v) is 9.23. The smallest absolute Gasteiger partial charge is 0.315 e. The van der Waals surface area contributed by atoms with Gasteiger partial charge in [-0.25, -0.2) is 0 Å². The van der Waals surface area contributed by atoms with Gasteiger partial charge in [-0.05, 0) is 44.2 Å². The molecule has 4 nitrogen and oxygen atoms in total. The van der Waals surface area contributed by atoms with Crippen LogP contribution in [0.15, 0.2) is 23.8 Å². The molecule has 2 atom stereocenters. The number of fused-ring (bicyclic) bond motifs is 3. The van der Waals surface area contributed by atoms with Crippen molar-refractivity contribution in [3.05, 3.63) is 34.9 Å². The average Bonchev–Trinajstić information content (AvgIpc) is 2.53. The summed E-state index contributed by atoms with van der Waals surface area (Å²) in [5, 5.41) is 0. The predicted molar refractivity (Wildman–Crippen MR) is 95.8 cm³/mol. The largest absolute Gasteiger partial charge is 0.427 e. The quantitative estimate of drug-likeness (QED) is 0.337. The zero-order chi connectivity index (χ0) is 18.0. The Kier molecular flexibility index (Phi) is 5.26. The number of aryl methyl sites for hydroxylation is 1. The fourth-order valence-corrected chi connectivity index (χ4v) is 3.92. The minimum Gasteiger partial charge on any atom is -0.427 e. The molecule has 4 heteroatoms. The number of carbonyl (C=O) groups excluding carboxylic acids is 2. The molecular weight excluding hydrogens is 316 g/mol. The minimum atomic E-state index is -0.368. The molecule has 1 heterocycles. The van der Waals surface area contributed by atoms with Gasteiger partial charge in [-0.2, -0.15) is 0 Å². The Morgan fingerprint density at radius 1 is 1.32 bits per heavy atom. The van der Waals surface area contributed by atoms with Crippen molar-refractivity contribution in [1.82, 2.24) is 0 Å². The van der Waals surface area contributed by atoms with Crippen molar-refractivity contribution >= 4 is 11.9 Å². The third kappa shape index (κ3) is 3.78. The highest BCUT2D eigenvalue weighted by Gasteiger charge is 2.39. The maximum atomic E-state index is 12.4. The first kappa shape index (κ1) is 17.7. The summed E-state index contributed by atoms with van der Waals surface area (Å²) in [5.41, 5.74) is 3.57. The van der Waals surface area contributed by atoms with E-state index in [-0.39, 0.29) is 23.8 Å². The molecule has 0 radical (unpaired) electrons. The van der Waals surface area contributed by atoms with E-state index in [1.54, 1.807) is 6.07 Å². The summed E-state index contributed by atoms with van der Waals surface area (Å²) in [7, 11) is 0. The van der Waals surface area contributed by atoms with Gasteiger partial charge in [0.2, 0.25) is 0 Å². The van der Waals surface area contributed by atoms with E-state index in [0.29, 0.717) is 11.5 Å².